The van der Waals surface area contributed by atoms with E-state index in [0.29, 0.717) is 0 Å². The van der Waals surface area contributed by atoms with Crippen molar-refractivity contribution in [3.05, 3.63) is 22.2 Å². The number of aromatic nitrogens is 2. The van der Waals surface area contributed by atoms with Gasteiger partial charge in [-0.25, -0.2) is 24.4 Å². The van der Waals surface area contributed by atoms with Crippen molar-refractivity contribution in [3.63, 3.8) is 0 Å². The smallest absolute Gasteiger partial charge is 0.395 e. The van der Waals surface area contributed by atoms with Crippen LogP contribution >= 0.6 is 23.5 Å². The third-order valence-corrected chi connectivity index (χ3v) is 7.73. The van der Waals surface area contributed by atoms with Crippen molar-refractivity contribution in [3.8, 4) is 11.8 Å². The number of aliphatic hydroxyl groups is 1. The maximum absolute atomic E-state index is 12.3. The van der Waals surface area contributed by atoms with Gasteiger partial charge >= 0.3 is 29.2 Å². The van der Waals surface area contributed by atoms with Crippen molar-refractivity contribution in [2.45, 2.75) is 31.3 Å². The summed E-state index contributed by atoms with van der Waals surface area (Å²) in [6, 6.07) is 0. The van der Waals surface area contributed by atoms with Crippen LogP contribution in [0.25, 0.3) is 0 Å². The predicted molar refractivity (Wildman–Crippen MR) is 109 cm³/mol. The average Bonchev–Trinajstić information content (AvgIpc) is 3.08. The Morgan fingerprint density at radius 2 is 1.88 bits per heavy atom. The minimum absolute atomic E-state index is 0.0874. The molecule has 2 rings (SSSR count). The van der Waals surface area contributed by atoms with E-state index in [4.69, 9.17) is 36.1 Å². The normalized spacial score (nSPS) is 24.1. The highest BCUT2D eigenvalue weighted by atomic mass is 31.3. The molecule has 2 unspecified atom stereocenters. The lowest BCUT2D eigenvalue weighted by Crippen LogP contribution is -2.31. The number of hydrogen-bond donors (Lipinski definition) is 7. The van der Waals surface area contributed by atoms with Crippen molar-refractivity contribution in [2.24, 2.45) is 5.90 Å². The number of nitrogen functional groups attached to an aromatic ring is 1. The van der Waals surface area contributed by atoms with E-state index in [0.717, 1.165) is 4.57 Å². The van der Waals surface area contributed by atoms with Gasteiger partial charge in [0.25, 0.3) is 0 Å². The SMILES string of the molecule is NO[C@@H]1C[C@H](n2cc(C#CCCO)c(N)nc2=O)O[C@@H]1COP(=O)(O)OP(=O)(O)OP(=O)(O)O. The van der Waals surface area contributed by atoms with Gasteiger partial charge in [-0.3, -0.25) is 13.9 Å². The monoisotopic (exact) mass is 550 g/mol. The summed E-state index contributed by atoms with van der Waals surface area (Å²) in [4.78, 5) is 56.4. The Hall–Kier alpha value is -1.51. The minimum Gasteiger partial charge on any atom is -0.395 e. The van der Waals surface area contributed by atoms with Gasteiger partial charge in [0.2, 0.25) is 0 Å². The van der Waals surface area contributed by atoms with E-state index in [2.05, 4.69) is 30.0 Å². The predicted octanol–water partition coefficient (Wildman–Crippen LogP) is -1.55. The lowest BCUT2D eigenvalue weighted by Gasteiger charge is -2.20. The lowest BCUT2D eigenvalue weighted by molar-refractivity contribution is -0.0618. The summed E-state index contributed by atoms with van der Waals surface area (Å²) in [6.45, 7) is -1.04. The minimum atomic E-state index is -5.70. The van der Waals surface area contributed by atoms with E-state index < -0.39 is 54.2 Å². The van der Waals surface area contributed by atoms with E-state index in [9.17, 15) is 28.3 Å². The molecular weight excluding hydrogens is 529 g/mol. The molecule has 9 N–H and O–H groups in total. The first-order valence-corrected chi connectivity index (χ1v) is 13.5. The summed E-state index contributed by atoms with van der Waals surface area (Å²) in [5.74, 6) is 10.3. The summed E-state index contributed by atoms with van der Waals surface area (Å²) < 4.78 is 52.2. The van der Waals surface area contributed by atoms with Crippen LogP contribution in [0.15, 0.2) is 11.0 Å². The molecule has 1 fully saturated rings. The number of nitrogens with zero attached hydrogens (tertiary/aromatic N) is 2. The Kier molecular flexibility index (Phi) is 9.70. The molecule has 0 bridgehead atoms. The average molecular weight is 550 g/mol. The highest BCUT2D eigenvalue weighted by Gasteiger charge is 2.43. The highest BCUT2D eigenvalue weighted by molar-refractivity contribution is 7.66. The Balaban J connectivity index is 2.13. The van der Waals surface area contributed by atoms with E-state index >= 15 is 0 Å². The Labute approximate surface area is 190 Å². The van der Waals surface area contributed by atoms with Gasteiger partial charge in [-0.05, 0) is 0 Å². The molecule has 1 aromatic heterocycles. The van der Waals surface area contributed by atoms with E-state index in [-0.39, 0.29) is 30.8 Å². The fourth-order valence-electron chi connectivity index (χ4n) is 2.63. The zero-order valence-electron chi connectivity index (χ0n) is 16.9. The number of ether oxygens (including phenoxy) is 1. The molecule has 0 radical (unpaired) electrons. The number of hydrogen-bond acceptors (Lipinski definition) is 13. The number of aliphatic hydroxyl groups excluding tert-OH is 1. The second kappa shape index (κ2) is 11.5. The zero-order chi connectivity index (χ0) is 25.7. The van der Waals surface area contributed by atoms with Gasteiger partial charge in [0.15, 0.2) is 0 Å². The lowest BCUT2D eigenvalue weighted by atomic mass is 10.2. The number of phosphoric ester groups is 1. The molecule has 34 heavy (non-hydrogen) atoms. The highest BCUT2D eigenvalue weighted by Crippen LogP contribution is 2.66. The second-order valence-corrected chi connectivity index (χ2v) is 10.9. The van der Waals surface area contributed by atoms with Crippen LogP contribution in [0, 0.1) is 11.8 Å². The van der Waals surface area contributed by atoms with Crippen LogP contribution in [-0.2, 0) is 36.4 Å². The van der Waals surface area contributed by atoms with Crippen LogP contribution in [0.2, 0.25) is 0 Å². The maximum Gasteiger partial charge on any atom is 0.490 e. The first-order valence-electron chi connectivity index (χ1n) is 8.94. The van der Waals surface area contributed by atoms with Gasteiger partial charge in [0, 0.05) is 19.0 Å². The molecule has 192 valence electrons. The summed E-state index contributed by atoms with van der Waals surface area (Å²) in [5.41, 5.74) is 4.98. The van der Waals surface area contributed by atoms with E-state index in [1.807, 2.05) is 0 Å². The summed E-state index contributed by atoms with van der Waals surface area (Å²) in [7, 11) is -16.7. The molecule has 18 nitrogen and oxygen atoms in total. The summed E-state index contributed by atoms with van der Waals surface area (Å²) >= 11 is 0. The topological polar surface area (TPSA) is 285 Å². The van der Waals surface area contributed by atoms with Crippen LogP contribution in [-0.4, -0.2) is 59.7 Å². The molecule has 1 saturated heterocycles. The third kappa shape index (κ3) is 8.61. The van der Waals surface area contributed by atoms with Crippen LogP contribution in [0.3, 0.4) is 0 Å². The van der Waals surface area contributed by atoms with Crippen LogP contribution in [0.1, 0.15) is 24.6 Å². The number of rotatable bonds is 10. The van der Waals surface area contributed by atoms with Gasteiger partial charge in [-0.1, -0.05) is 11.8 Å². The van der Waals surface area contributed by atoms with Crippen LogP contribution < -0.4 is 17.3 Å². The van der Waals surface area contributed by atoms with Gasteiger partial charge < -0.3 is 35.2 Å². The molecule has 0 aliphatic carbocycles. The summed E-state index contributed by atoms with van der Waals surface area (Å²) in [6.07, 6.45) is -2.04. The Bertz CT molecular complexity index is 1140. The third-order valence-electron chi connectivity index (χ3n) is 3.92. The molecular formula is C13H21N4O14P3. The Morgan fingerprint density at radius 1 is 1.21 bits per heavy atom. The zero-order valence-corrected chi connectivity index (χ0v) is 19.6. The molecule has 0 saturated carbocycles. The molecule has 21 heteroatoms. The summed E-state index contributed by atoms with van der Waals surface area (Å²) in [5, 5.41) is 8.81. The largest absolute Gasteiger partial charge is 0.490 e. The van der Waals surface area contributed by atoms with Crippen molar-refractivity contribution < 1.29 is 61.1 Å². The van der Waals surface area contributed by atoms with Gasteiger partial charge in [-0.2, -0.15) is 13.6 Å². The number of anilines is 1. The second-order valence-electron chi connectivity index (χ2n) is 6.43. The number of phosphoric acid groups is 3. The van der Waals surface area contributed by atoms with Crippen molar-refractivity contribution >= 4 is 29.3 Å². The fourth-order valence-corrected chi connectivity index (χ4v) is 5.66. The van der Waals surface area contributed by atoms with Gasteiger partial charge in [0.1, 0.15) is 24.3 Å². The van der Waals surface area contributed by atoms with Crippen LogP contribution in [0.4, 0.5) is 5.82 Å². The van der Waals surface area contributed by atoms with E-state index in [1.54, 1.807) is 0 Å². The molecule has 1 aliphatic rings. The molecule has 0 amide bonds. The Morgan fingerprint density at radius 3 is 2.47 bits per heavy atom. The fraction of sp³-hybridized carbons (Fsp3) is 0.538. The van der Waals surface area contributed by atoms with Crippen LogP contribution in [0.5, 0.6) is 0 Å². The maximum atomic E-state index is 12.3. The molecule has 2 heterocycles. The van der Waals surface area contributed by atoms with Gasteiger partial charge in [-0.15, -0.1) is 0 Å². The van der Waals surface area contributed by atoms with Crippen molar-refractivity contribution in [1.29, 1.82) is 0 Å². The van der Waals surface area contributed by atoms with Crippen molar-refractivity contribution in [2.75, 3.05) is 18.9 Å². The molecule has 0 aromatic carbocycles. The van der Waals surface area contributed by atoms with E-state index in [1.165, 1.54) is 6.20 Å². The molecule has 1 aliphatic heterocycles. The van der Waals surface area contributed by atoms with Crippen molar-refractivity contribution in [1.82, 2.24) is 9.55 Å². The quantitative estimate of drug-likeness (QED) is 0.0985. The van der Waals surface area contributed by atoms with Gasteiger partial charge in [0.05, 0.1) is 18.8 Å². The first-order chi connectivity index (χ1) is 15.7. The first kappa shape index (κ1) is 28.7. The molecule has 5 atom stereocenters. The standard InChI is InChI=1S/C13H21N4O14P3/c14-12-8(3-1-2-4-18)6-17(13(19)16-12)11-5-9(29-15)10(28-11)7-27-33(23,24)31-34(25,26)30-32(20,21)22/h6,9-11,18H,2,4-5,7,15H2,(H,23,24)(H,25,26)(H2,14,16,19)(H2,20,21,22)/t9-,10-,11-/m1/s1. The molecule has 0 spiro atoms. The number of nitrogens with two attached hydrogens (primary N) is 2. The molecule has 1 aromatic rings.